The fraction of sp³-hybridized carbons (Fsp3) is 0.526. The van der Waals surface area contributed by atoms with E-state index in [0.29, 0.717) is 32.6 Å². The zero-order chi connectivity index (χ0) is 18.0. The lowest BCUT2D eigenvalue weighted by Gasteiger charge is -2.34. The highest BCUT2D eigenvalue weighted by molar-refractivity contribution is 7.86. The zero-order valence-electron chi connectivity index (χ0n) is 15.0. The van der Waals surface area contributed by atoms with Gasteiger partial charge in [0, 0.05) is 43.9 Å². The highest BCUT2D eigenvalue weighted by Crippen LogP contribution is 2.26. The molecule has 1 N–H and O–H groups in total. The third kappa shape index (κ3) is 3.56. The summed E-state index contributed by atoms with van der Waals surface area (Å²) in [6.07, 6.45) is 5.51. The van der Waals surface area contributed by atoms with E-state index in [1.165, 1.54) is 5.56 Å². The summed E-state index contributed by atoms with van der Waals surface area (Å²) in [6, 6.07) is 10.3. The number of benzene rings is 1. The van der Waals surface area contributed by atoms with Crippen molar-refractivity contribution in [1.82, 2.24) is 18.8 Å². The maximum Gasteiger partial charge on any atom is 0.282 e. The molecule has 3 heterocycles. The molecule has 2 aliphatic heterocycles. The van der Waals surface area contributed by atoms with Gasteiger partial charge in [-0.05, 0) is 31.2 Å². The quantitative estimate of drug-likeness (QED) is 0.873. The molecule has 2 aliphatic rings. The van der Waals surface area contributed by atoms with Crippen molar-refractivity contribution < 1.29 is 8.42 Å². The number of hydrogen-bond donors (Lipinski definition) is 1. The summed E-state index contributed by atoms with van der Waals surface area (Å²) in [4.78, 5) is 0. The average molecular weight is 375 g/mol. The van der Waals surface area contributed by atoms with Gasteiger partial charge in [-0.15, -0.1) is 0 Å². The predicted molar refractivity (Wildman–Crippen MR) is 101 cm³/mol. The van der Waals surface area contributed by atoms with Crippen molar-refractivity contribution in [1.29, 1.82) is 0 Å². The molecule has 0 aliphatic carbocycles. The Morgan fingerprint density at radius 2 is 1.73 bits per heavy atom. The Bertz CT molecular complexity index is 842. The molecule has 0 saturated carbocycles. The first kappa shape index (κ1) is 17.7. The van der Waals surface area contributed by atoms with Gasteiger partial charge in [-0.25, -0.2) is 0 Å². The molecule has 0 bridgehead atoms. The van der Waals surface area contributed by atoms with Crippen LogP contribution < -0.4 is 0 Å². The third-order valence-corrected chi connectivity index (χ3v) is 7.43. The van der Waals surface area contributed by atoms with Crippen LogP contribution in [0.4, 0.5) is 0 Å². The van der Waals surface area contributed by atoms with Gasteiger partial charge in [-0.3, -0.25) is 5.10 Å². The second kappa shape index (κ2) is 7.50. The van der Waals surface area contributed by atoms with Crippen LogP contribution in [-0.2, 0) is 36.0 Å². The molecule has 7 heteroatoms. The van der Waals surface area contributed by atoms with Gasteiger partial charge in [-0.2, -0.15) is 22.1 Å². The number of piperidine rings is 1. The first-order chi connectivity index (χ1) is 12.6. The van der Waals surface area contributed by atoms with Gasteiger partial charge >= 0.3 is 0 Å². The predicted octanol–water partition coefficient (Wildman–Crippen LogP) is 2.28. The van der Waals surface area contributed by atoms with Crippen molar-refractivity contribution >= 4 is 10.2 Å². The Hall–Kier alpha value is -1.70. The lowest BCUT2D eigenvalue weighted by atomic mass is 10.0. The molecule has 0 amide bonds. The number of aryl methyl sites for hydroxylation is 2. The Balaban J connectivity index is 1.48. The van der Waals surface area contributed by atoms with Crippen molar-refractivity contribution in [3.8, 4) is 0 Å². The molecule has 6 nitrogen and oxygen atoms in total. The lowest BCUT2D eigenvalue weighted by molar-refractivity contribution is 0.294. The summed E-state index contributed by atoms with van der Waals surface area (Å²) in [6.45, 7) is 2.27. The van der Waals surface area contributed by atoms with Gasteiger partial charge in [0.25, 0.3) is 10.2 Å². The van der Waals surface area contributed by atoms with E-state index in [-0.39, 0.29) is 0 Å². The molecule has 0 unspecified atom stereocenters. The number of hydrogen-bond acceptors (Lipinski definition) is 3. The molecule has 4 rings (SSSR count). The van der Waals surface area contributed by atoms with E-state index in [1.54, 1.807) is 8.61 Å². The van der Waals surface area contributed by atoms with Crippen molar-refractivity contribution in [2.24, 2.45) is 0 Å². The number of H-pyrrole nitrogens is 1. The van der Waals surface area contributed by atoms with Crippen molar-refractivity contribution in [2.45, 2.75) is 45.1 Å². The van der Waals surface area contributed by atoms with E-state index < -0.39 is 10.2 Å². The van der Waals surface area contributed by atoms with Gasteiger partial charge in [0.05, 0.1) is 5.69 Å². The minimum atomic E-state index is -3.36. The summed E-state index contributed by atoms with van der Waals surface area (Å²) < 4.78 is 29.3. The van der Waals surface area contributed by atoms with E-state index in [2.05, 4.69) is 22.3 Å². The van der Waals surface area contributed by atoms with E-state index >= 15 is 0 Å². The largest absolute Gasteiger partial charge is 0.282 e. The van der Waals surface area contributed by atoms with Crippen LogP contribution in [0.15, 0.2) is 30.3 Å². The van der Waals surface area contributed by atoms with Crippen molar-refractivity contribution in [3.63, 3.8) is 0 Å². The average Bonchev–Trinajstić information content (AvgIpc) is 3.10. The Kier molecular flexibility index (Phi) is 5.11. The van der Waals surface area contributed by atoms with Crippen molar-refractivity contribution in [2.75, 3.05) is 19.6 Å². The van der Waals surface area contributed by atoms with E-state index in [0.717, 1.165) is 49.1 Å². The van der Waals surface area contributed by atoms with E-state index in [9.17, 15) is 8.42 Å². The molecule has 1 aromatic carbocycles. The molecule has 0 atom stereocenters. The van der Waals surface area contributed by atoms with Crippen LogP contribution in [0.1, 0.15) is 41.8 Å². The van der Waals surface area contributed by atoms with Crippen LogP contribution in [0.5, 0.6) is 0 Å². The maximum absolute atomic E-state index is 13.0. The van der Waals surface area contributed by atoms with E-state index in [4.69, 9.17) is 0 Å². The number of aromatic nitrogens is 2. The normalized spacial score (nSPS) is 19.4. The standard InChI is InChI=1S/C19H26N4O2S/c24-26(25,22-12-5-2-6-13-22)23-14-11-19-17(15-23)18(20-21-19)10-9-16-7-3-1-4-8-16/h1,3-4,7-8H,2,5-6,9-15H2,(H,20,21). The first-order valence-corrected chi connectivity index (χ1v) is 10.9. The molecular weight excluding hydrogens is 348 g/mol. The fourth-order valence-corrected chi connectivity index (χ4v) is 5.56. The van der Waals surface area contributed by atoms with Crippen LogP contribution >= 0.6 is 0 Å². The molecule has 1 aromatic heterocycles. The summed E-state index contributed by atoms with van der Waals surface area (Å²) in [5.74, 6) is 0. The summed E-state index contributed by atoms with van der Waals surface area (Å²) in [5, 5.41) is 7.61. The number of fused-ring (bicyclic) bond motifs is 1. The smallest absolute Gasteiger partial charge is 0.282 e. The third-order valence-electron chi connectivity index (χ3n) is 5.45. The van der Waals surface area contributed by atoms with Gasteiger partial charge in [0.15, 0.2) is 0 Å². The summed E-state index contributed by atoms with van der Waals surface area (Å²) >= 11 is 0. The van der Waals surface area contributed by atoms with Crippen LogP contribution in [0, 0.1) is 0 Å². The molecule has 0 radical (unpaired) electrons. The monoisotopic (exact) mass is 374 g/mol. The van der Waals surface area contributed by atoms with Crippen LogP contribution in [0.2, 0.25) is 0 Å². The summed E-state index contributed by atoms with van der Waals surface area (Å²) in [7, 11) is -3.36. The first-order valence-electron chi connectivity index (χ1n) is 9.49. The zero-order valence-corrected chi connectivity index (χ0v) is 15.8. The molecule has 2 aromatic rings. The fourth-order valence-electron chi connectivity index (χ4n) is 3.90. The van der Waals surface area contributed by atoms with Crippen LogP contribution in [0.3, 0.4) is 0 Å². The highest BCUT2D eigenvalue weighted by Gasteiger charge is 2.34. The van der Waals surface area contributed by atoms with Gasteiger partial charge in [-0.1, -0.05) is 36.8 Å². The van der Waals surface area contributed by atoms with Gasteiger partial charge in [0.2, 0.25) is 0 Å². The topological polar surface area (TPSA) is 69.3 Å². The molecule has 1 fully saturated rings. The number of rotatable bonds is 5. The number of nitrogens with zero attached hydrogens (tertiary/aromatic N) is 3. The molecule has 0 spiro atoms. The lowest BCUT2D eigenvalue weighted by Crippen LogP contribution is -2.47. The number of aromatic amines is 1. The maximum atomic E-state index is 13.0. The minimum Gasteiger partial charge on any atom is -0.282 e. The second-order valence-electron chi connectivity index (χ2n) is 7.16. The van der Waals surface area contributed by atoms with E-state index in [1.807, 2.05) is 18.2 Å². The van der Waals surface area contributed by atoms with Crippen LogP contribution in [0.25, 0.3) is 0 Å². The second-order valence-corrected chi connectivity index (χ2v) is 9.09. The summed E-state index contributed by atoms with van der Waals surface area (Å²) in [5.41, 5.74) is 4.45. The molecule has 1 saturated heterocycles. The van der Waals surface area contributed by atoms with Gasteiger partial charge < -0.3 is 0 Å². The highest BCUT2D eigenvalue weighted by atomic mass is 32.2. The molecule has 26 heavy (non-hydrogen) atoms. The Morgan fingerprint density at radius 1 is 0.962 bits per heavy atom. The van der Waals surface area contributed by atoms with Gasteiger partial charge in [0.1, 0.15) is 0 Å². The Labute approximate surface area is 155 Å². The molecule has 140 valence electrons. The Morgan fingerprint density at radius 3 is 2.50 bits per heavy atom. The SMILES string of the molecule is O=S(=O)(N1CCCCC1)N1CCc2[nH]nc(CCc3ccccc3)c2C1. The van der Waals surface area contributed by atoms with Crippen molar-refractivity contribution in [3.05, 3.63) is 52.8 Å². The molecular formula is C19H26N4O2S. The van der Waals surface area contributed by atoms with Crippen LogP contribution in [-0.4, -0.2) is 46.9 Å². The number of nitrogens with one attached hydrogen (secondary N) is 1. The minimum absolute atomic E-state index is 0.439.